The third-order valence-corrected chi connectivity index (χ3v) is 4.63. The zero-order chi connectivity index (χ0) is 19.2. The van der Waals surface area contributed by atoms with Crippen LogP contribution in [-0.4, -0.2) is 54.5 Å². The highest BCUT2D eigenvalue weighted by molar-refractivity contribution is 6.34. The van der Waals surface area contributed by atoms with E-state index in [0.29, 0.717) is 24.7 Å². The molecule has 2 aromatic carbocycles. The molecule has 0 atom stereocenters. The van der Waals surface area contributed by atoms with E-state index >= 15 is 0 Å². The molecule has 7 heteroatoms. The van der Waals surface area contributed by atoms with Crippen molar-refractivity contribution in [3.05, 3.63) is 53.7 Å². The predicted molar refractivity (Wildman–Crippen MR) is 106 cm³/mol. The van der Waals surface area contributed by atoms with E-state index in [2.05, 4.69) is 9.84 Å². The summed E-state index contributed by atoms with van der Waals surface area (Å²) in [4.78, 5) is 13.2. The number of esters is 1. The van der Waals surface area contributed by atoms with Crippen LogP contribution in [0.5, 0.6) is 5.75 Å². The Morgan fingerprint density at radius 3 is 2.59 bits per heavy atom. The number of carbonyl (C=O) groups is 1. The van der Waals surface area contributed by atoms with Gasteiger partial charge in [0.05, 0.1) is 24.7 Å². The van der Waals surface area contributed by atoms with Crippen molar-refractivity contribution in [3.8, 4) is 11.4 Å². The molecule has 1 heterocycles. The predicted octanol–water partition coefficient (Wildman–Crippen LogP) is 3.55. The highest BCUT2D eigenvalue weighted by Crippen LogP contribution is 2.26. The maximum absolute atomic E-state index is 11.1. The fraction of sp³-hybridized carbons (Fsp3) is 0.300. The summed E-state index contributed by atoms with van der Waals surface area (Å²) >= 11 is 6.44. The quantitative estimate of drug-likeness (QED) is 0.553. The summed E-state index contributed by atoms with van der Waals surface area (Å²) in [5.74, 6) is 0.566. The maximum Gasteiger partial charge on any atom is 0.306 e. The maximum atomic E-state index is 11.1. The molecular weight excluding hydrogens is 366 g/mol. The summed E-state index contributed by atoms with van der Waals surface area (Å²) in [5.41, 5.74) is 1.73. The van der Waals surface area contributed by atoms with Gasteiger partial charge < -0.3 is 14.4 Å². The summed E-state index contributed by atoms with van der Waals surface area (Å²) in [7, 11) is 3.34. The SMILES string of the molecule is COC(=O)CCN(C)CCOc1ccc(-n2nc3ccccc3c2Cl)cc1. The monoisotopic (exact) mass is 387 g/mol. The van der Waals surface area contributed by atoms with Crippen LogP contribution in [0.4, 0.5) is 0 Å². The molecule has 0 amide bonds. The average Bonchev–Trinajstić information content (AvgIpc) is 3.03. The van der Waals surface area contributed by atoms with Crippen LogP contribution in [0.25, 0.3) is 16.6 Å². The second-order valence-electron chi connectivity index (χ2n) is 6.19. The van der Waals surface area contributed by atoms with Gasteiger partial charge in [0.2, 0.25) is 0 Å². The Hall–Kier alpha value is -2.57. The summed E-state index contributed by atoms with van der Waals surface area (Å²) in [6.07, 6.45) is 0.376. The number of fused-ring (bicyclic) bond motifs is 1. The van der Waals surface area contributed by atoms with Crippen LogP contribution in [0.2, 0.25) is 5.15 Å². The standard InChI is InChI=1S/C20H22ClN3O3/c1-23(12-11-19(25)26-2)13-14-27-16-9-7-15(8-10-16)24-20(21)17-5-3-4-6-18(17)22-24/h3-10H,11-14H2,1-2H3. The van der Waals surface area contributed by atoms with E-state index in [1.165, 1.54) is 7.11 Å². The first-order valence-corrected chi connectivity index (χ1v) is 9.08. The number of carbonyl (C=O) groups excluding carboxylic acids is 1. The molecule has 0 aliphatic heterocycles. The molecule has 0 N–H and O–H groups in total. The van der Waals surface area contributed by atoms with E-state index in [1.807, 2.05) is 60.5 Å². The number of rotatable bonds is 8. The number of hydrogen-bond donors (Lipinski definition) is 0. The molecule has 0 fully saturated rings. The smallest absolute Gasteiger partial charge is 0.306 e. The number of hydrogen-bond acceptors (Lipinski definition) is 5. The molecule has 0 aliphatic rings. The third-order valence-electron chi connectivity index (χ3n) is 4.27. The average molecular weight is 388 g/mol. The Morgan fingerprint density at radius 1 is 1.15 bits per heavy atom. The lowest BCUT2D eigenvalue weighted by Gasteiger charge is -2.16. The molecule has 142 valence electrons. The lowest BCUT2D eigenvalue weighted by atomic mass is 10.2. The largest absolute Gasteiger partial charge is 0.492 e. The van der Waals surface area contributed by atoms with Crippen molar-refractivity contribution >= 4 is 28.5 Å². The topological polar surface area (TPSA) is 56.6 Å². The van der Waals surface area contributed by atoms with Gasteiger partial charge in [0, 0.05) is 18.5 Å². The molecule has 0 unspecified atom stereocenters. The van der Waals surface area contributed by atoms with Crippen LogP contribution < -0.4 is 4.74 Å². The third kappa shape index (κ3) is 4.78. The van der Waals surface area contributed by atoms with Crippen LogP contribution in [-0.2, 0) is 9.53 Å². The zero-order valence-electron chi connectivity index (χ0n) is 15.4. The second-order valence-corrected chi connectivity index (χ2v) is 6.55. The van der Waals surface area contributed by atoms with Crippen LogP contribution in [0.3, 0.4) is 0 Å². The Balaban J connectivity index is 1.56. The van der Waals surface area contributed by atoms with Gasteiger partial charge >= 0.3 is 5.97 Å². The second kappa shape index (κ2) is 8.88. The Bertz CT molecular complexity index is 908. The number of benzene rings is 2. The molecule has 0 aliphatic carbocycles. The molecule has 0 saturated carbocycles. The van der Waals surface area contributed by atoms with Gasteiger partial charge in [0.25, 0.3) is 0 Å². The van der Waals surface area contributed by atoms with Gasteiger partial charge in [0.15, 0.2) is 0 Å². The van der Waals surface area contributed by atoms with Gasteiger partial charge in [-0.2, -0.15) is 5.10 Å². The van der Waals surface area contributed by atoms with E-state index in [4.69, 9.17) is 16.3 Å². The van der Waals surface area contributed by atoms with Crippen molar-refractivity contribution in [2.75, 3.05) is 33.9 Å². The van der Waals surface area contributed by atoms with Gasteiger partial charge in [-0.3, -0.25) is 4.79 Å². The van der Waals surface area contributed by atoms with Crippen LogP contribution in [0, 0.1) is 0 Å². The Labute approximate surface area is 163 Å². The van der Waals surface area contributed by atoms with Crippen molar-refractivity contribution < 1.29 is 14.3 Å². The van der Waals surface area contributed by atoms with Gasteiger partial charge in [-0.1, -0.05) is 23.7 Å². The van der Waals surface area contributed by atoms with Crippen molar-refractivity contribution in [1.82, 2.24) is 14.7 Å². The number of ether oxygens (including phenoxy) is 2. The van der Waals surface area contributed by atoms with E-state index < -0.39 is 0 Å². The number of nitrogens with zero attached hydrogens (tertiary/aromatic N) is 3. The molecule has 0 bridgehead atoms. The number of halogens is 1. The highest BCUT2D eigenvalue weighted by atomic mass is 35.5. The molecule has 0 spiro atoms. The Kier molecular flexibility index (Phi) is 6.32. The minimum absolute atomic E-state index is 0.205. The first kappa shape index (κ1) is 19.2. The molecule has 3 aromatic rings. The first-order chi connectivity index (χ1) is 13.1. The fourth-order valence-corrected chi connectivity index (χ4v) is 2.97. The van der Waals surface area contributed by atoms with Crippen molar-refractivity contribution in [1.29, 1.82) is 0 Å². The molecule has 0 radical (unpaired) electrons. The zero-order valence-corrected chi connectivity index (χ0v) is 16.1. The van der Waals surface area contributed by atoms with Crippen LogP contribution in [0.15, 0.2) is 48.5 Å². The lowest BCUT2D eigenvalue weighted by Crippen LogP contribution is -2.27. The molecule has 3 rings (SSSR count). The number of likely N-dealkylation sites (N-methyl/N-ethyl adjacent to an activating group) is 1. The van der Waals surface area contributed by atoms with Gasteiger partial charge in [0.1, 0.15) is 17.5 Å². The highest BCUT2D eigenvalue weighted by Gasteiger charge is 2.10. The lowest BCUT2D eigenvalue weighted by molar-refractivity contribution is -0.140. The van der Waals surface area contributed by atoms with Crippen molar-refractivity contribution in [3.63, 3.8) is 0 Å². The summed E-state index contributed by atoms with van der Waals surface area (Å²) < 4.78 is 12.1. The van der Waals surface area contributed by atoms with Crippen LogP contribution in [0.1, 0.15) is 6.42 Å². The van der Waals surface area contributed by atoms with E-state index in [-0.39, 0.29) is 5.97 Å². The van der Waals surface area contributed by atoms with Crippen LogP contribution >= 0.6 is 11.6 Å². The van der Waals surface area contributed by atoms with Crippen molar-refractivity contribution in [2.24, 2.45) is 0 Å². The molecule has 6 nitrogen and oxygen atoms in total. The van der Waals surface area contributed by atoms with Gasteiger partial charge in [-0.05, 0) is 43.4 Å². The molecular formula is C20H22ClN3O3. The number of aromatic nitrogens is 2. The van der Waals surface area contributed by atoms with E-state index in [9.17, 15) is 4.79 Å². The normalized spacial score (nSPS) is 11.1. The molecule has 0 saturated heterocycles. The van der Waals surface area contributed by atoms with E-state index in [1.54, 1.807) is 4.68 Å². The van der Waals surface area contributed by atoms with Gasteiger partial charge in [-0.15, -0.1) is 0 Å². The summed E-state index contributed by atoms with van der Waals surface area (Å²) in [6.45, 7) is 1.89. The first-order valence-electron chi connectivity index (χ1n) is 8.70. The van der Waals surface area contributed by atoms with Gasteiger partial charge in [-0.25, -0.2) is 4.68 Å². The Morgan fingerprint density at radius 2 is 1.89 bits per heavy atom. The number of methoxy groups -OCH3 is 1. The fourth-order valence-electron chi connectivity index (χ4n) is 2.67. The minimum Gasteiger partial charge on any atom is -0.492 e. The molecule has 1 aromatic heterocycles. The van der Waals surface area contributed by atoms with E-state index in [0.717, 1.165) is 28.9 Å². The van der Waals surface area contributed by atoms with Crippen molar-refractivity contribution in [2.45, 2.75) is 6.42 Å². The summed E-state index contributed by atoms with van der Waals surface area (Å²) in [6, 6.07) is 15.4. The summed E-state index contributed by atoms with van der Waals surface area (Å²) in [5, 5.41) is 6.05. The molecule has 27 heavy (non-hydrogen) atoms. The minimum atomic E-state index is -0.205.